The van der Waals surface area contributed by atoms with E-state index in [2.05, 4.69) is 25.1 Å². The van der Waals surface area contributed by atoms with E-state index in [4.69, 9.17) is 14.2 Å². The molecule has 1 heterocycles. The second-order valence-corrected chi connectivity index (χ2v) is 8.52. The average molecular weight is 342 g/mol. The first-order valence-electron chi connectivity index (χ1n) is 10.2. The number of hydrogen-bond acceptors (Lipinski definition) is 3. The van der Waals surface area contributed by atoms with Gasteiger partial charge in [0.25, 0.3) is 0 Å². The van der Waals surface area contributed by atoms with Crippen molar-refractivity contribution in [3.63, 3.8) is 0 Å². The minimum Gasteiger partial charge on any atom is -0.497 e. The zero-order valence-electron chi connectivity index (χ0n) is 15.6. The lowest BCUT2D eigenvalue weighted by Gasteiger charge is -2.54. The van der Waals surface area contributed by atoms with E-state index >= 15 is 0 Å². The standard InChI is InChI=1S/C22H30O3/c1-3-21-10-8-18-17-7-5-16(23-2)14-15(17)4-6-19(18)20(21)9-11-22(21)24-12-13-25-22/h5,7,14,18-20H,3-4,6,8-13H2,1-2H3/t18-,19-,20+,21+/m1/s1. The van der Waals surface area contributed by atoms with E-state index in [-0.39, 0.29) is 11.2 Å². The molecule has 5 rings (SSSR count). The van der Waals surface area contributed by atoms with E-state index < -0.39 is 0 Å². The van der Waals surface area contributed by atoms with Crippen LogP contribution in [0.15, 0.2) is 18.2 Å². The molecule has 1 spiro atoms. The quantitative estimate of drug-likeness (QED) is 0.781. The third-order valence-corrected chi connectivity index (χ3v) is 8.07. The second kappa shape index (κ2) is 5.72. The SMILES string of the molecule is CC[C@]12CC[C@@H]3c4ccc(OC)cc4CC[C@H]3[C@@H]1CCC21OCCO1. The fourth-order valence-corrected chi connectivity index (χ4v) is 7.05. The van der Waals surface area contributed by atoms with Crippen LogP contribution in [-0.2, 0) is 15.9 Å². The van der Waals surface area contributed by atoms with Crippen LogP contribution < -0.4 is 4.74 Å². The van der Waals surface area contributed by atoms with E-state index in [0.717, 1.165) is 43.1 Å². The van der Waals surface area contributed by atoms with Gasteiger partial charge in [-0.15, -0.1) is 0 Å². The Labute approximate surface area is 151 Å². The third kappa shape index (κ3) is 2.06. The highest BCUT2D eigenvalue weighted by Crippen LogP contribution is 2.67. The number of methoxy groups -OCH3 is 1. The van der Waals surface area contributed by atoms with Crippen LogP contribution in [0.1, 0.15) is 62.5 Å². The normalized spacial score (nSPS) is 38.2. The molecule has 0 N–H and O–H groups in total. The molecule has 0 radical (unpaired) electrons. The first kappa shape index (κ1) is 16.1. The molecule has 3 aliphatic carbocycles. The fourth-order valence-electron chi connectivity index (χ4n) is 7.05. The van der Waals surface area contributed by atoms with Crippen molar-refractivity contribution in [3.05, 3.63) is 29.3 Å². The zero-order valence-corrected chi connectivity index (χ0v) is 15.6. The molecule has 1 aromatic rings. The highest BCUT2D eigenvalue weighted by Gasteiger charge is 2.66. The molecule has 0 amide bonds. The highest BCUT2D eigenvalue weighted by molar-refractivity contribution is 5.40. The van der Waals surface area contributed by atoms with Crippen LogP contribution >= 0.6 is 0 Å². The van der Waals surface area contributed by atoms with Gasteiger partial charge in [0.15, 0.2) is 5.79 Å². The summed E-state index contributed by atoms with van der Waals surface area (Å²) in [5.74, 6) is 3.00. The molecule has 1 aromatic carbocycles. The number of benzene rings is 1. The summed E-state index contributed by atoms with van der Waals surface area (Å²) in [6.07, 6.45) is 8.61. The zero-order chi connectivity index (χ0) is 17.1. The van der Waals surface area contributed by atoms with Crippen LogP contribution in [0.4, 0.5) is 0 Å². The van der Waals surface area contributed by atoms with E-state index in [0.29, 0.717) is 0 Å². The Balaban J connectivity index is 1.51. The molecule has 3 fully saturated rings. The smallest absolute Gasteiger partial charge is 0.174 e. The largest absolute Gasteiger partial charge is 0.497 e. The van der Waals surface area contributed by atoms with E-state index in [9.17, 15) is 0 Å². The Morgan fingerprint density at radius 3 is 2.72 bits per heavy atom. The fraction of sp³-hybridized carbons (Fsp3) is 0.727. The Kier molecular flexibility index (Phi) is 3.69. The van der Waals surface area contributed by atoms with Gasteiger partial charge in [0.2, 0.25) is 0 Å². The van der Waals surface area contributed by atoms with E-state index in [1.54, 1.807) is 12.7 Å². The van der Waals surface area contributed by atoms with Crippen LogP contribution in [0.2, 0.25) is 0 Å². The summed E-state index contributed by atoms with van der Waals surface area (Å²) in [6.45, 7) is 3.93. The van der Waals surface area contributed by atoms with Gasteiger partial charge in [-0.1, -0.05) is 13.0 Å². The number of rotatable bonds is 2. The van der Waals surface area contributed by atoms with Crippen molar-refractivity contribution < 1.29 is 14.2 Å². The molecule has 136 valence electrons. The maximum atomic E-state index is 6.31. The van der Waals surface area contributed by atoms with Gasteiger partial charge in [-0.25, -0.2) is 0 Å². The van der Waals surface area contributed by atoms with Crippen LogP contribution in [-0.4, -0.2) is 26.1 Å². The summed E-state index contributed by atoms with van der Waals surface area (Å²) in [5, 5.41) is 0. The number of fused-ring (bicyclic) bond motifs is 6. The second-order valence-electron chi connectivity index (χ2n) is 8.52. The number of aryl methyl sites for hydroxylation is 1. The van der Waals surface area contributed by atoms with Gasteiger partial charge in [0.05, 0.1) is 20.3 Å². The summed E-state index contributed by atoms with van der Waals surface area (Å²) in [4.78, 5) is 0. The molecule has 1 saturated heterocycles. The van der Waals surface area contributed by atoms with Crippen LogP contribution in [0, 0.1) is 17.3 Å². The maximum absolute atomic E-state index is 6.31. The topological polar surface area (TPSA) is 27.7 Å². The van der Waals surface area contributed by atoms with E-state index in [1.165, 1.54) is 44.1 Å². The maximum Gasteiger partial charge on any atom is 0.174 e. The molecule has 0 aromatic heterocycles. The molecule has 4 aliphatic rings. The van der Waals surface area contributed by atoms with Gasteiger partial charge in [0, 0.05) is 11.8 Å². The van der Waals surface area contributed by atoms with Crippen LogP contribution in [0.5, 0.6) is 5.75 Å². The van der Waals surface area contributed by atoms with Gasteiger partial charge >= 0.3 is 0 Å². The Morgan fingerprint density at radius 2 is 1.96 bits per heavy atom. The van der Waals surface area contributed by atoms with Crippen molar-refractivity contribution in [3.8, 4) is 5.75 Å². The molecule has 3 nitrogen and oxygen atoms in total. The van der Waals surface area contributed by atoms with Crippen molar-refractivity contribution in [1.29, 1.82) is 0 Å². The molecule has 3 heteroatoms. The van der Waals surface area contributed by atoms with Crippen molar-refractivity contribution in [2.24, 2.45) is 17.3 Å². The summed E-state index contributed by atoms with van der Waals surface area (Å²) in [5.41, 5.74) is 3.36. The number of hydrogen-bond donors (Lipinski definition) is 0. The summed E-state index contributed by atoms with van der Waals surface area (Å²) in [7, 11) is 1.77. The monoisotopic (exact) mass is 342 g/mol. The van der Waals surface area contributed by atoms with Gasteiger partial charge in [-0.3, -0.25) is 0 Å². The van der Waals surface area contributed by atoms with Crippen molar-refractivity contribution >= 4 is 0 Å². The minimum absolute atomic E-state index is 0.245. The third-order valence-electron chi connectivity index (χ3n) is 8.07. The van der Waals surface area contributed by atoms with Crippen LogP contribution in [0.3, 0.4) is 0 Å². The van der Waals surface area contributed by atoms with Crippen molar-refractivity contribution in [1.82, 2.24) is 0 Å². The van der Waals surface area contributed by atoms with E-state index in [1.807, 2.05) is 0 Å². The van der Waals surface area contributed by atoms with Gasteiger partial charge in [-0.2, -0.15) is 0 Å². The predicted octanol–water partition coefficient (Wildman–Crippen LogP) is 4.68. The molecule has 0 unspecified atom stereocenters. The van der Waals surface area contributed by atoms with Crippen LogP contribution in [0.25, 0.3) is 0 Å². The predicted molar refractivity (Wildman–Crippen MR) is 96.9 cm³/mol. The lowest BCUT2D eigenvalue weighted by atomic mass is 9.53. The van der Waals surface area contributed by atoms with Gasteiger partial charge in [-0.05, 0) is 79.5 Å². The molecule has 4 atom stereocenters. The lowest BCUT2D eigenvalue weighted by molar-refractivity contribution is -0.244. The summed E-state index contributed by atoms with van der Waals surface area (Å²) in [6, 6.07) is 6.77. The minimum atomic E-state index is -0.266. The molecule has 25 heavy (non-hydrogen) atoms. The van der Waals surface area contributed by atoms with Gasteiger partial charge < -0.3 is 14.2 Å². The molecule has 2 saturated carbocycles. The molecule has 0 bridgehead atoms. The highest BCUT2D eigenvalue weighted by atomic mass is 16.7. The van der Waals surface area contributed by atoms with Crippen molar-refractivity contribution in [2.75, 3.05) is 20.3 Å². The van der Waals surface area contributed by atoms with Gasteiger partial charge in [0.1, 0.15) is 5.75 Å². The number of ether oxygens (including phenoxy) is 3. The Morgan fingerprint density at radius 1 is 1.12 bits per heavy atom. The Hall–Kier alpha value is -1.06. The first-order valence-corrected chi connectivity index (χ1v) is 10.2. The Bertz CT molecular complexity index is 663. The first-order chi connectivity index (χ1) is 12.2. The van der Waals surface area contributed by atoms with Crippen molar-refractivity contribution in [2.45, 2.75) is 63.6 Å². The average Bonchev–Trinajstić information content (AvgIpc) is 3.27. The summed E-state index contributed by atoms with van der Waals surface area (Å²) < 4.78 is 18.1. The lowest BCUT2D eigenvalue weighted by Crippen LogP contribution is -2.52. The summed E-state index contributed by atoms with van der Waals surface area (Å²) >= 11 is 0. The molecular weight excluding hydrogens is 312 g/mol. The molecule has 1 aliphatic heterocycles. The molecular formula is C22H30O3.